The minimum atomic E-state index is -0.303. The molecule has 0 amide bonds. The number of rotatable bonds is 6. The molecule has 2 nitrogen and oxygen atoms in total. The van der Waals surface area contributed by atoms with Crippen LogP contribution in [0.5, 0.6) is 0 Å². The van der Waals surface area contributed by atoms with Crippen molar-refractivity contribution in [2.45, 2.75) is 58.8 Å². The molecule has 4 rings (SSSR count). The summed E-state index contributed by atoms with van der Waals surface area (Å²) in [6.07, 6.45) is 6.77. The normalized spacial score (nSPS) is 14.9. The summed E-state index contributed by atoms with van der Waals surface area (Å²) in [4.78, 5) is 11.7. The van der Waals surface area contributed by atoms with Gasteiger partial charge in [-0.1, -0.05) is 0 Å². The van der Waals surface area contributed by atoms with Crippen molar-refractivity contribution in [2.75, 3.05) is 6.61 Å². The summed E-state index contributed by atoms with van der Waals surface area (Å²) >= 11 is 0.175. The van der Waals surface area contributed by atoms with Crippen molar-refractivity contribution in [3.63, 3.8) is 0 Å². The topological polar surface area (TPSA) is 26.3 Å². The van der Waals surface area contributed by atoms with Crippen molar-refractivity contribution in [1.29, 1.82) is 0 Å². The molecule has 3 heteroatoms. The molecule has 0 fully saturated rings. The van der Waals surface area contributed by atoms with Crippen molar-refractivity contribution in [3.05, 3.63) is 107 Å². The van der Waals surface area contributed by atoms with Gasteiger partial charge >= 0.3 is 223 Å². The van der Waals surface area contributed by atoms with Gasteiger partial charge in [0.05, 0.1) is 0 Å². The molecule has 0 bridgehead atoms. The molecular formula is C33H36O2Se. The molecule has 0 radical (unpaired) electrons. The van der Waals surface area contributed by atoms with Gasteiger partial charge in [0.25, 0.3) is 0 Å². The van der Waals surface area contributed by atoms with Gasteiger partial charge in [0.15, 0.2) is 0 Å². The van der Waals surface area contributed by atoms with Crippen molar-refractivity contribution in [3.8, 4) is 0 Å². The van der Waals surface area contributed by atoms with E-state index in [-0.39, 0.29) is 31.8 Å². The molecule has 0 saturated carbocycles. The van der Waals surface area contributed by atoms with E-state index in [0.29, 0.717) is 6.61 Å². The molecule has 0 spiro atoms. The third-order valence-corrected chi connectivity index (χ3v) is 8.74. The van der Waals surface area contributed by atoms with Gasteiger partial charge in [-0.05, 0) is 0 Å². The fourth-order valence-electron chi connectivity index (χ4n) is 4.55. The molecule has 3 aromatic rings. The number of carbonyl (C=O) groups excluding carboxylic acids is 1. The van der Waals surface area contributed by atoms with Gasteiger partial charge in [0.2, 0.25) is 0 Å². The Morgan fingerprint density at radius 2 is 1.72 bits per heavy atom. The number of carbonyl (C=O) groups is 1. The molecular weight excluding hydrogens is 507 g/mol. The van der Waals surface area contributed by atoms with Crippen LogP contribution in [-0.4, -0.2) is 27.5 Å². The van der Waals surface area contributed by atoms with Crippen LogP contribution in [0.15, 0.2) is 78.9 Å². The van der Waals surface area contributed by atoms with E-state index >= 15 is 0 Å². The Bertz CT molecular complexity index is 1300. The zero-order chi connectivity index (χ0) is 25.9. The number of ether oxygens (including phenoxy) is 1. The Morgan fingerprint density at radius 3 is 2.42 bits per heavy atom. The predicted molar refractivity (Wildman–Crippen MR) is 153 cm³/mol. The molecule has 186 valence electrons. The summed E-state index contributed by atoms with van der Waals surface area (Å²) in [5, 5.41) is 0. The molecule has 1 aliphatic rings. The van der Waals surface area contributed by atoms with Gasteiger partial charge in [0, 0.05) is 0 Å². The zero-order valence-electron chi connectivity index (χ0n) is 22.2. The summed E-state index contributed by atoms with van der Waals surface area (Å²) in [6, 6.07) is 24.6. The number of esters is 1. The maximum atomic E-state index is 11.7. The van der Waals surface area contributed by atoms with Crippen LogP contribution in [0.1, 0.15) is 75.8 Å². The fourth-order valence-corrected chi connectivity index (χ4v) is 6.50. The number of allylic oxidation sites excluding steroid dienone is 1. The first kappa shape index (κ1) is 26.2. The molecule has 36 heavy (non-hydrogen) atoms. The SMILES string of the molecule is CCOC(=O)C=Cc1cccc([Se]c2ccc3c(c2)C(C)(C)CC=C3c2ccc(C(C)(C)C)cc2)c1. The van der Waals surface area contributed by atoms with Crippen molar-refractivity contribution in [2.24, 2.45) is 0 Å². The molecule has 0 unspecified atom stereocenters. The third kappa shape index (κ3) is 6.09. The first-order valence-corrected chi connectivity index (χ1v) is 14.4. The van der Waals surface area contributed by atoms with E-state index in [4.69, 9.17) is 4.74 Å². The molecule has 0 aromatic heterocycles. The minimum absolute atomic E-state index is 0.0977. The molecule has 0 atom stereocenters. The van der Waals surface area contributed by atoms with E-state index in [0.717, 1.165) is 12.0 Å². The van der Waals surface area contributed by atoms with Gasteiger partial charge in [-0.15, -0.1) is 0 Å². The van der Waals surface area contributed by atoms with E-state index in [1.165, 1.54) is 42.8 Å². The molecule has 1 aliphatic carbocycles. The number of hydrogen-bond donors (Lipinski definition) is 0. The third-order valence-electron chi connectivity index (χ3n) is 6.68. The van der Waals surface area contributed by atoms with Gasteiger partial charge in [-0.25, -0.2) is 0 Å². The summed E-state index contributed by atoms with van der Waals surface area (Å²) in [5.74, 6) is -0.303. The average molecular weight is 544 g/mol. The van der Waals surface area contributed by atoms with Gasteiger partial charge in [0.1, 0.15) is 0 Å². The van der Waals surface area contributed by atoms with Crippen LogP contribution < -0.4 is 8.92 Å². The summed E-state index contributed by atoms with van der Waals surface area (Å²) in [7, 11) is 0. The second kappa shape index (κ2) is 10.6. The van der Waals surface area contributed by atoms with Crippen LogP contribution in [-0.2, 0) is 20.4 Å². The van der Waals surface area contributed by atoms with Crippen LogP contribution >= 0.6 is 0 Å². The van der Waals surface area contributed by atoms with E-state index < -0.39 is 0 Å². The maximum absolute atomic E-state index is 11.7. The van der Waals surface area contributed by atoms with E-state index in [1.54, 1.807) is 0 Å². The van der Waals surface area contributed by atoms with Crippen LogP contribution in [0.4, 0.5) is 0 Å². The number of hydrogen-bond acceptors (Lipinski definition) is 2. The Kier molecular flexibility index (Phi) is 7.73. The molecule has 0 heterocycles. The van der Waals surface area contributed by atoms with Gasteiger partial charge in [-0.2, -0.15) is 0 Å². The zero-order valence-corrected chi connectivity index (χ0v) is 23.9. The van der Waals surface area contributed by atoms with Crippen LogP contribution in [0, 0.1) is 0 Å². The summed E-state index contributed by atoms with van der Waals surface area (Å²) in [5.41, 5.74) is 8.04. The summed E-state index contributed by atoms with van der Waals surface area (Å²) in [6.45, 7) is 13.7. The monoisotopic (exact) mass is 544 g/mol. The second-order valence-electron chi connectivity index (χ2n) is 11.0. The molecule has 0 saturated heterocycles. The second-order valence-corrected chi connectivity index (χ2v) is 13.4. The molecule has 0 N–H and O–H groups in total. The Morgan fingerprint density at radius 1 is 1.00 bits per heavy atom. The Balaban J connectivity index is 1.60. The summed E-state index contributed by atoms with van der Waals surface area (Å²) < 4.78 is 7.65. The average Bonchev–Trinajstić information content (AvgIpc) is 2.83. The first-order chi connectivity index (χ1) is 17.1. The fraction of sp³-hybridized carbons (Fsp3) is 0.303. The van der Waals surface area contributed by atoms with Crippen LogP contribution in [0.2, 0.25) is 0 Å². The predicted octanol–water partition coefficient (Wildman–Crippen LogP) is 6.33. The van der Waals surface area contributed by atoms with E-state index in [1.807, 2.05) is 19.1 Å². The Labute approximate surface area is 222 Å². The van der Waals surface area contributed by atoms with Gasteiger partial charge < -0.3 is 0 Å². The van der Waals surface area contributed by atoms with Crippen molar-refractivity contribution in [1.82, 2.24) is 0 Å². The van der Waals surface area contributed by atoms with E-state index in [2.05, 4.69) is 101 Å². The quantitative estimate of drug-likeness (QED) is 0.206. The van der Waals surface area contributed by atoms with Crippen LogP contribution in [0.3, 0.4) is 0 Å². The van der Waals surface area contributed by atoms with Crippen molar-refractivity contribution >= 4 is 41.5 Å². The molecule has 3 aromatic carbocycles. The first-order valence-electron chi connectivity index (χ1n) is 12.7. The number of fused-ring (bicyclic) bond motifs is 1. The van der Waals surface area contributed by atoms with Crippen molar-refractivity contribution < 1.29 is 9.53 Å². The number of benzene rings is 3. The van der Waals surface area contributed by atoms with E-state index in [9.17, 15) is 4.79 Å². The standard InChI is InChI=1S/C33H36O2Se/c1-7-35-31(34)18-11-23-9-8-10-26(21-23)36-27-16-17-29-28(19-20-33(5,6)30(29)22-27)24-12-14-25(15-13-24)32(2,3)4/h8-19,21-22H,7,20H2,1-6H3. The van der Waals surface area contributed by atoms with Gasteiger partial charge in [-0.3, -0.25) is 0 Å². The Hall–Kier alpha value is -2.87. The van der Waals surface area contributed by atoms with Crippen LogP contribution in [0.25, 0.3) is 11.6 Å². The molecule has 0 aliphatic heterocycles.